The van der Waals surface area contributed by atoms with Crippen molar-refractivity contribution in [2.45, 2.75) is 33.7 Å². The third-order valence-electron chi connectivity index (χ3n) is 2.94. The number of hydrogen-bond acceptors (Lipinski definition) is 4. The summed E-state index contributed by atoms with van der Waals surface area (Å²) >= 11 is 0. The minimum atomic E-state index is -0.334. The first-order valence-electron chi connectivity index (χ1n) is 6.14. The largest absolute Gasteiger partial charge is 0.334 e. The molecule has 1 heterocycles. The van der Waals surface area contributed by atoms with Crippen LogP contribution in [0.5, 0.6) is 0 Å². The Hall–Kier alpha value is -1.75. The molecule has 0 bridgehead atoms. The van der Waals surface area contributed by atoms with Gasteiger partial charge in [-0.1, -0.05) is 25.9 Å². The van der Waals surface area contributed by atoms with Gasteiger partial charge in [0.15, 0.2) is 5.82 Å². The second kappa shape index (κ2) is 4.74. The molecule has 0 saturated carbocycles. The molecule has 0 fully saturated rings. The molecule has 2 N–H and O–H groups in total. The molecule has 4 nitrogen and oxygen atoms in total. The monoisotopic (exact) mass is 263 g/mol. The van der Waals surface area contributed by atoms with Crippen LogP contribution >= 0.6 is 0 Å². The normalized spacial score (nSPS) is 13.6. The summed E-state index contributed by atoms with van der Waals surface area (Å²) in [6.45, 7) is 7.81. The van der Waals surface area contributed by atoms with Crippen LogP contribution in [0.2, 0.25) is 0 Å². The van der Waals surface area contributed by atoms with E-state index in [4.69, 9.17) is 10.3 Å². The summed E-state index contributed by atoms with van der Waals surface area (Å²) in [6, 6.07) is 4.28. The molecule has 0 saturated heterocycles. The van der Waals surface area contributed by atoms with Gasteiger partial charge in [-0.05, 0) is 36.1 Å². The molecule has 0 amide bonds. The van der Waals surface area contributed by atoms with Crippen LogP contribution in [0.3, 0.4) is 0 Å². The summed E-state index contributed by atoms with van der Waals surface area (Å²) < 4.78 is 18.5. The molecule has 5 heteroatoms. The van der Waals surface area contributed by atoms with Gasteiger partial charge in [0.2, 0.25) is 0 Å². The van der Waals surface area contributed by atoms with Crippen LogP contribution in [0.25, 0.3) is 11.5 Å². The van der Waals surface area contributed by atoms with Crippen molar-refractivity contribution in [2.75, 3.05) is 0 Å². The number of aromatic nitrogens is 2. The van der Waals surface area contributed by atoms with Crippen molar-refractivity contribution in [1.82, 2.24) is 10.1 Å². The smallest absolute Gasteiger partial charge is 0.258 e. The van der Waals surface area contributed by atoms with Crippen molar-refractivity contribution < 1.29 is 8.91 Å². The van der Waals surface area contributed by atoms with Gasteiger partial charge in [0, 0.05) is 5.56 Å². The lowest BCUT2D eigenvalue weighted by Crippen LogP contribution is -2.27. The molecule has 1 atom stereocenters. The van der Waals surface area contributed by atoms with Gasteiger partial charge in [0.25, 0.3) is 5.89 Å². The second-order valence-corrected chi connectivity index (χ2v) is 5.82. The van der Waals surface area contributed by atoms with Crippen molar-refractivity contribution in [2.24, 2.45) is 11.1 Å². The zero-order chi connectivity index (χ0) is 14.2. The number of nitrogens with zero attached hydrogens (tertiary/aromatic N) is 2. The molecule has 2 aromatic rings. The maximum absolute atomic E-state index is 13.4. The summed E-state index contributed by atoms with van der Waals surface area (Å²) in [5.74, 6) is 0.400. The molecular formula is C14H18FN3O. The van der Waals surface area contributed by atoms with Gasteiger partial charge in [-0.25, -0.2) is 4.39 Å². The quantitative estimate of drug-likeness (QED) is 0.903. The number of benzene rings is 1. The van der Waals surface area contributed by atoms with E-state index in [2.05, 4.69) is 10.1 Å². The first-order valence-corrected chi connectivity index (χ1v) is 6.14. The zero-order valence-corrected chi connectivity index (χ0v) is 11.6. The summed E-state index contributed by atoms with van der Waals surface area (Å²) in [7, 11) is 0. The number of hydrogen-bond donors (Lipinski definition) is 1. The number of aryl methyl sites for hydroxylation is 1. The van der Waals surface area contributed by atoms with Crippen LogP contribution in [0.15, 0.2) is 22.7 Å². The summed E-state index contributed by atoms with van der Waals surface area (Å²) in [5, 5.41) is 3.88. The molecule has 0 radical (unpaired) electrons. The molecule has 2 rings (SSSR count). The van der Waals surface area contributed by atoms with Crippen molar-refractivity contribution in [1.29, 1.82) is 0 Å². The lowest BCUT2D eigenvalue weighted by molar-refractivity contribution is 0.303. The average molecular weight is 263 g/mol. The highest BCUT2D eigenvalue weighted by atomic mass is 19.1. The fourth-order valence-electron chi connectivity index (χ4n) is 1.73. The van der Waals surface area contributed by atoms with E-state index in [0.717, 1.165) is 5.56 Å². The topological polar surface area (TPSA) is 64.9 Å². The maximum Gasteiger partial charge on any atom is 0.258 e. The third kappa shape index (κ3) is 2.98. The van der Waals surface area contributed by atoms with E-state index in [1.165, 1.54) is 12.1 Å². The Labute approximate surface area is 111 Å². The van der Waals surface area contributed by atoms with E-state index in [-0.39, 0.29) is 23.2 Å². The highest BCUT2D eigenvalue weighted by molar-refractivity contribution is 5.54. The highest BCUT2D eigenvalue weighted by Crippen LogP contribution is 2.30. The summed E-state index contributed by atoms with van der Waals surface area (Å²) in [4.78, 5) is 4.26. The molecule has 0 spiro atoms. The van der Waals surface area contributed by atoms with Gasteiger partial charge in [0.1, 0.15) is 5.82 Å². The van der Waals surface area contributed by atoms with E-state index in [9.17, 15) is 4.39 Å². The molecule has 0 aliphatic carbocycles. The molecule has 0 aliphatic rings. The van der Waals surface area contributed by atoms with Crippen LogP contribution in [0, 0.1) is 18.2 Å². The van der Waals surface area contributed by atoms with Gasteiger partial charge in [-0.3, -0.25) is 0 Å². The van der Waals surface area contributed by atoms with E-state index >= 15 is 0 Å². The Balaban J connectivity index is 2.36. The molecule has 0 aliphatic heterocycles. The van der Waals surface area contributed by atoms with Gasteiger partial charge < -0.3 is 10.3 Å². The fourth-order valence-corrected chi connectivity index (χ4v) is 1.73. The predicted octanol–water partition coefficient (Wildman–Crippen LogP) is 3.23. The van der Waals surface area contributed by atoms with E-state index < -0.39 is 0 Å². The van der Waals surface area contributed by atoms with Gasteiger partial charge in [-0.2, -0.15) is 4.98 Å². The van der Waals surface area contributed by atoms with Gasteiger partial charge in [0.05, 0.1) is 6.04 Å². The van der Waals surface area contributed by atoms with Crippen molar-refractivity contribution in [3.8, 4) is 11.5 Å². The van der Waals surface area contributed by atoms with Crippen molar-refractivity contribution in [3.63, 3.8) is 0 Å². The van der Waals surface area contributed by atoms with E-state index in [0.29, 0.717) is 11.4 Å². The van der Waals surface area contributed by atoms with Crippen molar-refractivity contribution >= 4 is 0 Å². The van der Waals surface area contributed by atoms with Crippen LogP contribution in [-0.4, -0.2) is 10.1 Å². The minimum absolute atomic E-state index is 0.168. The highest BCUT2D eigenvalue weighted by Gasteiger charge is 2.27. The lowest BCUT2D eigenvalue weighted by Gasteiger charge is -2.23. The van der Waals surface area contributed by atoms with E-state index in [1.54, 1.807) is 6.07 Å². The second-order valence-electron chi connectivity index (χ2n) is 5.82. The summed E-state index contributed by atoms with van der Waals surface area (Å²) in [5.41, 5.74) is 7.26. The zero-order valence-electron chi connectivity index (χ0n) is 11.6. The van der Waals surface area contributed by atoms with Crippen LogP contribution in [0.1, 0.15) is 38.2 Å². The SMILES string of the molecule is Cc1cc(F)cc(-c2nc(C(N)C(C)(C)C)no2)c1. The van der Waals surface area contributed by atoms with Crippen molar-refractivity contribution in [3.05, 3.63) is 35.4 Å². The Morgan fingerprint density at radius 2 is 1.95 bits per heavy atom. The van der Waals surface area contributed by atoms with E-state index in [1.807, 2.05) is 27.7 Å². The Morgan fingerprint density at radius 3 is 2.53 bits per heavy atom. The van der Waals surface area contributed by atoms with Crippen LogP contribution in [-0.2, 0) is 0 Å². The fraction of sp³-hybridized carbons (Fsp3) is 0.429. The third-order valence-corrected chi connectivity index (χ3v) is 2.94. The first-order chi connectivity index (χ1) is 8.77. The molecule has 102 valence electrons. The average Bonchev–Trinajstić information content (AvgIpc) is 2.74. The van der Waals surface area contributed by atoms with Gasteiger partial charge >= 0.3 is 0 Å². The maximum atomic E-state index is 13.4. The predicted molar refractivity (Wildman–Crippen MR) is 70.8 cm³/mol. The van der Waals surface area contributed by atoms with Crippen LogP contribution < -0.4 is 5.73 Å². The standard InChI is InChI=1S/C14H18FN3O/c1-8-5-9(7-10(15)6-8)13-17-12(18-19-13)11(16)14(2,3)4/h5-7,11H,16H2,1-4H3. The Bertz CT molecular complexity index is 566. The molecule has 1 aromatic heterocycles. The molecular weight excluding hydrogens is 245 g/mol. The number of rotatable bonds is 2. The number of halogens is 1. The first kappa shape index (κ1) is 13.7. The molecule has 19 heavy (non-hydrogen) atoms. The Kier molecular flexibility index (Phi) is 3.41. The van der Waals surface area contributed by atoms with Gasteiger partial charge in [-0.15, -0.1) is 0 Å². The molecule has 1 aromatic carbocycles. The lowest BCUT2D eigenvalue weighted by atomic mass is 9.87. The molecule has 1 unspecified atom stereocenters. The number of nitrogens with two attached hydrogens (primary N) is 1. The summed E-state index contributed by atoms with van der Waals surface area (Å²) in [6.07, 6.45) is 0. The minimum Gasteiger partial charge on any atom is -0.334 e. The Morgan fingerprint density at radius 1 is 1.26 bits per heavy atom. The van der Waals surface area contributed by atoms with Crippen LogP contribution in [0.4, 0.5) is 4.39 Å².